The van der Waals surface area contributed by atoms with Gasteiger partial charge in [-0.2, -0.15) is 5.26 Å². The summed E-state index contributed by atoms with van der Waals surface area (Å²) in [6.45, 7) is 5.07. The molecule has 1 unspecified atom stereocenters. The summed E-state index contributed by atoms with van der Waals surface area (Å²) in [5.74, 6) is -0.948. The van der Waals surface area contributed by atoms with Gasteiger partial charge in [-0.3, -0.25) is 4.79 Å². The lowest BCUT2D eigenvalue weighted by Gasteiger charge is -2.15. The van der Waals surface area contributed by atoms with Gasteiger partial charge in [0.05, 0.1) is 17.9 Å². The third-order valence-electron chi connectivity index (χ3n) is 1.41. The molecule has 0 bridgehead atoms. The Balaban J connectivity index is 4.24. The lowest BCUT2D eigenvalue weighted by atomic mass is 9.85. The Bertz CT molecular complexity index is 205. The van der Waals surface area contributed by atoms with Crippen molar-refractivity contribution in [3.8, 4) is 6.07 Å². The molecule has 1 atom stereocenters. The van der Waals surface area contributed by atoms with E-state index in [4.69, 9.17) is 10.4 Å². The summed E-state index contributed by atoms with van der Waals surface area (Å²) in [6, 6.07) is 1.96. The average molecular weight is 153 g/mol. The van der Waals surface area contributed by atoms with Gasteiger partial charge in [0.15, 0.2) is 0 Å². The first kappa shape index (κ1) is 9.70. The molecule has 0 heterocycles. The molecule has 0 saturated heterocycles. The van der Waals surface area contributed by atoms with Crippen LogP contribution in [0.1, 0.15) is 19.8 Å². The van der Waals surface area contributed by atoms with Crippen molar-refractivity contribution in [2.24, 2.45) is 5.41 Å². The van der Waals surface area contributed by atoms with Gasteiger partial charge in [-0.05, 0) is 13.3 Å². The highest BCUT2D eigenvalue weighted by molar-refractivity contribution is 5.68. The SMILES string of the molecule is C=CCC(C)(C#N)CC(=O)O. The van der Waals surface area contributed by atoms with Crippen LogP contribution in [-0.4, -0.2) is 11.1 Å². The molecule has 0 aromatic heterocycles. The summed E-state index contributed by atoms with van der Waals surface area (Å²) in [5.41, 5.74) is -0.798. The minimum Gasteiger partial charge on any atom is -0.481 e. The third-order valence-corrected chi connectivity index (χ3v) is 1.41. The molecule has 0 aromatic carbocycles. The van der Waals surface area contributed by atoms with Gasteiger partial charge >= 0.3 is 5.97 Å². The highest BCUT2D eigenvalue weighted by Crippen LogP contribution is 2.24. The summed E-state index contributed by atoms with van der Waals surface area (Å²) in [6.07, 6.45) is 1.84. The van der Waals surface area contributed by atoms with E-state index in [-0.39, 0.29) is 6.42 Å². The Labute approximate surface area is 66.0 Å². The average Bonchev–Trinajstić information content (AvgIpc) is 1.87. The maximum absolute atomic E-state index is 10.3. The van der Waals surface area contributed by atoms with Gasteiger partial charge in [0.1, 0.15) is 0 Å². The van der Waals surface area contributed by atoms with Crippen LogP contribution in [0, 0.1) is 16.7 Å². The Morgan fingerprint density at radius 1 is 1.91 bits per heavy atom. The summed E-state index contributed by atoms with van der Waals surface area (Å²) in [4.78, 5) is 10.3. The van der Waals surface area contributed by atoms with Crippen LogP contribution in [0.5, 0.6) is 0 Å². The number of nitrogens with zero attached hydrogens (tertiary/aromatic N) is 1. The number of carbonyl (C=O) groups is 1. The Kier molecular flexibility index (Phi) is 3.32. The fourth-order valence-corrected chi connectivity index (χ4v) is 0.810. The van der Waals surface area contributed by atoms with Crippen LogP contribution in [-0.2, 0) is 4.79 Å². The first-order valence-electron chi connectivity index (χ1n) is 3.28. The highest BCUT2D eigenvalue weighted by Gasteiger charge is 2.25. The van der Waals surface area contributed by atoms with E-state index in [0.29, 0.717) is 6.42 Å². The fourth-order valence-electron chi connectivity index (χ4n) is 0.810. The van der Waals surface area contributed by atoms with E-state index in [9.17, 15) is 4.79 Å². The van der Waals surface area contributed by atoms with E-state index in [2.05, 4.69) is 6.58 Å². The van der Waals surface area contributed by atoms with Crippen LogP contribution < -0.4 is 0 Å². The molecular weight excluding hydrogens is 142 g/mol. The second-order valence-electron chi connectivity index (χ2n) is 2.74. The lowest BCUT2D eigenvalue weighted by Crippen LogP contribution is -2.17. The van der Waals surface area contributed by atoms with Gasteiger partial charge < -0.3 is 5.11 Å². The molecule has 0 amide bonds. The number of nitriles is 1. The van der Waals surface area contributed by atoms with Crippen molar-refractivity contribution in [3.63, 3.8) is 0 Å². The molecule has 11 heavy (non-hydrogen) atoms. The summed E-state index contributed by atoms with van der Waals surface area (Å²) < 4.78 is 0. The Hall–Kier alpha value is -1.30. The highest BCUT2D eigenvalue weighted by atomic mass is 16.4. The molecule has 0 rings (SSSR count). The normalized spacial score (nSPS) is 14.5. The molecule has 0 aromatic rings. The van der Waals surface area contributed by atoms with Gasteiger partial charge in [0.2, 0.25) is 0 Å². The lowest BCUT2D eigenvalue weighted by molar-refractivity contribution is -0.138. The van der Waals surface area contributed by atoms with Gasteiger partial charge in [0, 0.05) is 0 Å². The number of carboxylic acid groups (broad SMARTS) is 1. The zero-order chi connectivity index (χ0) is 8.91. The molecule has 0 fully saturated rings. The fraction of sp³-hybridized carbons (Fsp3) is 0.500. The quantitative estimate of drug-likeness (QED) is 0.623. The van der Waals surface area contributed by atoms with E-state index in [1.54, 1.807) is 13.0 Å². The number of rotatable bonds is 4. The summed E-state index contributed by atoms with van der Waals surface area (Å²) >= 11 is 0. The molecular formula is C8H11NO2. The molecule has 0 aliphatic heterocycles. The number of aliphatic carboxylic acids is 1. The largest absolute Gasteiger partial charge is 0.481 e. The predicted octanol–water partition coefficient (Wildman–Crippen LogP) is 1.57. The predicted molar refractivity (Wildman–Crippen MR) is 40.8 cm³/mol. The van der Waals surface area contributed by atoms with Crippen LogP contribution >= 0.6 is 0 Å². The number of carboxylic acids is 1. The standard InChI is InChI=1S/C8H11NO2/c1-3-4-8(2,6-9)5-7(10)11/h3H,1,4-5H2,2H3,(H,10,11). The van der Waals surface area contributed by atoms with Gasteiger partial charge in [-0.1, -0.05) is 6.08 Å². The van der Waals surface area contributed by atoms with Crippen molar-refractivity contribution in [2.45, 2.75) is 19.8 Å². The summed E-state index contributed by atoms with van der Waals surface area (Å²) in [7, 11) is 0. The Morgan fingerprint density at radius 2 is 2.45 bits per heavy atom. The van der Waals surface area contributed by atoms with E-state index in [0.717, 1.165) is 0 Å². The second-order valence-corrected chi connectivity index (χ2v) is 2.74. The van der Waals surface area contributed by atoms with Crippen molar-refractivity contribution in [1.29, 1.82) is 5.26 Å². The van der Waals surface area contributed by atoms with Crippen molar-refractivity contribution in [3.05, 3.63) is 12.7 Å². The van der Waals surface area contributed by atoms with E-state index < -0.39 is 11.4 Å². The number of allylic oxidation sites excluding steroid dienone is 1. The van der Waals surface area contributed by atoms with E-state index in [1.807, 2.05) is 6.07 Å². The van der Waals surface area contributed by atoms with Gasteiger partial charge in [-0.25, -0.2) is 0 Å². The molecule has 0 aliphatic carbocycles. The maximum atomic E-state index is 10.3. The number of hydrogen-bond donors (Lipinski definition) is 1. The summed E-state index contributed by atoms with van der Waals surface area (Å²) in [5, 5.41) is 17.0. The molecule has 60 valence electrons. The minimum absolute atomic E-state index is 0.129. The minimum atomic E-state index is -0.948. The number of hydrogen-bond acceptors (Lipinski definition) is 2. The first-order chi connectivity index (χ1) is 5.04. The topological polar surface area (TPSA) is 61.1 Å². The monoisotopic (exact) mass is 153 g/mol. The molecule has 0 spiro atoms. The van der Waals surface area contributed by atoms with Crippen LogP contribution in [0.2, 0.25) is 0 Å². The maximum Gasteiger partial charge on any atom is 0.304 e. The zero-order valence-electron chi connectivity index (χ0n) is 6.50. The molecule has 0 radical (unpaired) electrons. The van der Waals surface area contributed by atoms with Crippen LogP contribution in [0.25, 0.3) is 0 Å². The van der Waals surface area contributed by atoms with Crippen LogP contribution in [0.4, 0.5) is 0 Å². The molecule has 0 saturated carbocycles. The van der Waals surface area contributed by atoms with Crippen molar-refractivity contribution >= 4 is 5.97 Å². The van der Waals surface area contributed by atoms with Crippen LogP contribution in [0.15, 0.2) is 12.7 Å². The van der Waals surface area contributed by atoms with Crippen LogP contribution in [0.3, 0.4) is 0 Å². The molecule has 3 nitrogen and oxygen atoms in total. The first-order valence-corrected chi connectivity index (χ1v) is 3.28. The van der Waals surface area contributed by atoms with E-state index in [1.165, 1.54) is 0 Å². The molecule has 0 aliphatic rings. The second kappa shape index (κ2) is 3.77. The molecule has 1 N–H and O–H groups in total. The van der Waals surface area contributed by atoms with Gasteiger partial charge in [0.25, 0.3) is 0 Å². The smallest absolute Gasteiger partial charge is 0.304 e. The third kappa shape index (κ3) is 3.41. The van der Waals surface area contributed by atoms with Crippen molar-refractivity contribution in [2.75, 3.05) is 0 Å². The van der Waals surface area contributed by atoms with E-state index >= 15 is 0 Å². The Morgan fingerprint density at radius 3 is 2.73 bits per heavy atom. The zero-order valence-corrected chi connectivity index (χ0v) is 6.50. The molecule has 3 heteroatoms. The van der Waals surface area contributed by atoms with Gasteiger partial charge in [-0.15, -0.1) is 6.58 Å². The van der Waals surface area contributed by atoms with Crippen molar-refractivity contribution in [1.82, 2.24) is 0 Å². The van der Waals surface area contributed by atoms with Crippen molar-refractivity contribution < 1.29 is 9.90 Å².